The number of nitro benzene ring substituents is 1. The second kappa shape index (κ2) is 5.46. The molecule has 2 N–H and O–H groups in total. The second-order valence-corrected chi connectivity index (χ2v) is 5.65. The zero-order chi connectivity index (χ0) is 14.9. The van der Waals surface area contributed by atoms with Crippen molar-refractivity contribution >= 4 is 40.5 Å². The quantitative estimate of drug-likeness (QED) is 0.639. The van der Waals surface area contributed by atoms with Gasteiger partial charge in [0.05, 0.1) is 26.1 Å². The van der Waals surface area contributed by atoms with Crippen LogP contribution in [0.25, 0.3) is 0 Å². The number of nitrogens with zero attached hydrogens (tertiary/aromatic N) is 1. The lowest BCUT2D eigenvalue weighted by Gasteiger charge is -2.38. The van der Waals surface area contributed by atoms with Crippen LogP contribution in [0.15, 0.2) is 12.1 Å². The molecule has 0 heterocycles. The van der Waals surface area contributed by atoms with Gasteiger partial charge in [0.25, 0.3) is 5.69 Å². The molecule has 0 aliphatic heterocycles. The van der Waals surface area contributed by atoms with Crippen molar-refractivity contribution in [1.29, 1.82) is 0 Å². The maximum Gasteiger partial charge on any atom is 0.311 e. The Labute approximate surface area is 124 Å². The van der Waals surface area contributed by atoms with E-state index in [1.807, 2.05) is 0 Å². The number of hydrogen-bond donors (Lipinski definition) is 2. The molecule has 0 unspecified atom stereocenters. The summed E-state index contributed by atoms with van der Waals surface area (Å²) < 4.78 is 0. The molecule has 1 aliphatic rings. The number of nitrogens with one attached hydrogen (secondary N) is 1. The van der Waals surface area contributed by atoms with Gasteiger partial charge in [-0.1, -0.05) is 29.6 Å². The molecule has 108 valence electrons. The van der Waals surface area contributed by atoms with E-state index >= 15 is 0 Å². The van der Waals surface area contributed by atoms with Gasteiger partial charge in [0.15, 0.2) is 0 Å². The molecule has 1 saturated carbocycles. The lowest BCUT2D eigenvalue weighted by Crippen LogP contribution is -2.43. The number of non-ortho nitro benzene ring substituents is 1. The van der Waals surface area contributed by atoms with Gasteiger partial charge in [0.2, 0.25) is 0 Å². The number of benzene rings is 1. The summed E-state index contributed by atoms with van der Waals surface area (Å²) in [4.78, 5) is 21.3. The largest absolute Gasteiger partial charge is 0.481 e. The Morgan fingerprint density at radius 2 is 1.95 bits per heavy atom. The van der Waals surface area contributed by atoms with E-state index in [4.69, 9.17) is 23.2 Å². The molecular weight excluding hydrogens is 307 g/mol. The highest BCUT2D eigenvalue weighted by Crippen LogP contribution is 2.42. The van der Waals surface area contributed by atoms with Gasteiger partial charge in [-0.2, -0.15) is 0 Å². The Hall–Kier alpha value is -1.53. The van der Waals surface area contributed by atoms with Crippen LogP contribution < -0.4 is 5.32 Å². The molecule has 1 aromatic carbocycles. The van der Waals surface area contributed by atoms with Crippen LogP contribution >= 0.6 is 23.2 Å². The van der Waals surface area contributed by atoms with Gasteiger partial charge in [0.1, 0.15) is 0 Å². The third-order valence-corrected chi connectivity index (χ3v) is 4.20. The molecule has 0 spiro atoms. The highest BCUT2D eigenvalue weighted by Gasteiger charge is 2.44. The van der Waals surface area contributed by atoms with Gasteiger partial charge < -0.3 is 10.4 Å². The van der Waals surface area contributed by atoms with Gasteiger partial charge in [-0.25, -0.2) is 0 Å². The first-order valence-corrected chi connectivity index (χ1v) is 6.72. The number of rotatable bonds is 5. The van der Waals surface area contributed by atoms with E-state index in [-0.39, 0.29) is 22.3 Å². The number of carbonyl (C=O) groups is 1. The van der Waals surface area contributed by atoms with Crippen molar-refractivity contribution in [1.82, 2.24) is 0 Å². The highest BCUT2D eigenvalue weighted by molar-refractivity contribution is 6.39. The second-order valence-electron chi connectivity index (χ2n) is 4.83. The minimum Gasteiger partial charge on any atom is -0.481 e. The number of carboxylic acid groups (broad SMARTS) is 1. The van der Waals surface area contributed by atoms with E-state index < -0.39 is 16.3 Å². The first kappa shape index (κ1) is 14.9. The van der Waals surface area contributed by atoms with Crippen LogP contribution in [-0.2, 0) is 4.79 Å². The number of nitro groups is 1. The number of halogens is 2. The SMILES string of the molecule is O=C(O)C1(CNc2c(Cl)cc([N+](=O)[O-])cc2Cl)CCC1. The maximum absolute atomic E-state index is 11.2. The molecule has 0 bridgehead atoms. The fourth-order valence-corrected chi connectivity index (χ4v) is 2.77. The highest BCUT2D eigenvalue weighted by atomic mass is 35.5. The molecule has 0 saturated heterocycles. The minimum absolute atomic E-state index is 0.101. The summed E-state index contributed by atoms with van der Waals surface area (Å²) in [5, 5.41) is 23.0. The molecule has 2 rings (SSSR count). The molecular formula is C12H12Cl2N2O4. The van der Waals surface area contributed by atoms with E-state index in [9.17, 15) is 20.0 Å². The number of hydrogen-bond acceptors (Lipinski definition) is 4. The minimum atomic E-state index is -0.856. The molecule has 0 radical (unpaired) electrons. The summed E-state index contributed by atoms with van der Waals surface area (Å²) in [5.41, 5.74) is -0.678. The van der Waals surface area contributed by atoms with Crippen molar-refractivity contribution in [2.45, 2.75) is 19.3 Å². The smallest absolute Gasteiger partial charge is 0.311 e. The van der Waals surface area contributed by atoms with Crippen LogP contribution in [0, 0.1) is 15.5 Å². The Morgan fingerprint density at radius 1 is 1.40 bits per heavy atom. The predicted octanol–water partition coefficient (Wildman–Crippen LogP) is 3.57. The van der Waals surface area contributed by atoms with Crippen molar-refractivity contribution in [3.8, 4) is 0 Å². The Bertz CT molecular complexity index is 550. The number of aliphatic carboxylic acids is 1. The van der Waals surface area contributed by atoms with Gasteiger partial charge in [-0.05, 0) is 12.8 Å². The van der Waals surface area contributed by atoms with Crippen molar-refractivity contribution in [3.05, 3.63) is 32.3 Å². The molecule has 1 fully saturated rings. The molecule has 20 heavy (non-hydrogen) atoms. The normalized spacial score (nSPS) is 16.3. The summed E-state index contributed by atoms with van der Waals surface area (Å²) in [6.07, 6.45) is 2.06. The van der Waals surface area contributed by atoms with E-state index in [0.717, 1.165) is 6.42 Å². The number of anilines is 1. The monoisotopic (exact) mass is 318 g/mol. The fraction of sp³-hybridized carbons (Fsp3) is 0.417. The first-order chi connectivity index (χ1) is 9.35. The Balaban J connectivity index is 2.18. The Morgan fingerprint density at radius 3 is 2.30 bits per heavy atom. The average Bonchev–Trinajstić information content (AvgIpc) is 2.29. The van der Waals surface area contributed by atoms with Crippen molar-refractivity contribution in [3.63, 3.8) is 0 Å². The first-order valence-electron chi connectivity index (χ1n) is 5.96. The van der Waals surface area contributed by atoms with Crippen LogP contribution in [-0.4, -0.2) is 22.5 Å². The molecule has 6 nitrogen and oxygen atoms in total. The van der Waals surface area contributed by atoms with Gasteiger partial charge >= 0.3 is 5.97 Å². The lowest BCUT2D eigenvalue weighted by atomic mass is 9.69. The van der Waals surface area contributed by atoms with Crippen LogP contribution in [0.3, 0.4) is 0 Å². The van der Waals surface area contributed by atoms with Crippen LogP contribution in [0.5, 0.6) is 0 Å². The molecule has 1 aromatic rings. The average molecular weight is 319 g/mol. The van der Waals surface area contributed by atoms with Gasteiger partial charge in [0, 0.05) is 18.7 Å². The van der Waals surface area contributed by atoms with Gasteiger partial charge in [-0.15, -0.1) is 0 Å². The van der Waals surface area contributed by atoms with E-state index in [2.05, 4.69) is 5.32 Å². The molecule has 0 aromatic heterocycles. The standard InChI is InChI=1S/C12H12Cl2N2O4/c13-8-4-7(16(19)20)5-9(14)10(8)15-6-12(11(17)18)2-1-3-12/h4-5,15H,1-3,6H2,(H,17,18). The summed E-state index contributed by atoms with van der Waals surface area (Å²) in [7, 11) is 0. The van der Waals surface area contributed by atoms with E-state index in [1.54, 1.807) is 0 Å². The van der Waals surface area contributed by atoms with E-state index in [0.29, 0.717) is 18.5 Å². The third-order valence-electron chi connectivity index (χ3n) is 3.61. The van der Waals surface area contributed by atoms with Crippen molar-refractivity contribution in [2.24, 2.45) is 5.41 Å². The Kier molecular flexibility index (Phi) is 4.06. The zero-order valence-corrected chi connectivity index (χ0v) is 11.9. The van der Waals surface area contributed by atoms with Crippen molar-refractivity contribution < 1.29 is 14.8 Å². The van der Waals surface area contributed by atoms with Crippen LogP contribution in [0.1, 0.15) is 19.3 Å². The maximum atomic E-state index is 11.2. The predicted molar refractivity (Wildman–Crippen MR) is 75.5 cm³/mol. The zero-order valence-electron chi connectivity index (χ0n) is 10.4. The molecule has 8 heteroatoms. The summed E-state index contributed by atoms with van der Waals surface area (Å²) in [6, 6.07) is 2.37. The van der Waals surface area contributed by atoms with E-state index in [1.165, 1.54) is 12.1 Å². The summed E-state index contributed by atoms with van der Waals surface area (Å²) in [5.74, 6) is -0.856. The topological polar surface area (TPSA) is 92.5 Å². The molecule has 0 atom stereocenters. The van der Waals surface area contributed by atoms with Crippen molar-refractivity contribution in [2.75, 3.05) is 11.9 Å². The third kappa shape index (κ3) is 2.66. The fourth-order valence-electron chi connectivity index (χ4n) is 2.16. The van der Waals surface area contributed by atoms with Crippen LogP contribution in [0.2, 0.25) is 10.0 Å². The number of carboxylic acids is 1. The molecule has 1 aliphatic carbocycles. The lowest BCUT2D eigenvalue weighted by molar-refractivity contribution is -0.384. The summed E-state index contributed by atoms with van der Waals surface area (Å²) >= 11 is 11.9. The van der Waals surface area contributed by atoms with Gasteiger partial charge in [-0.3, -0.25) is 14.9 Å². The summed E-state index contributed by atoms with van der Waals surface area (Å²) in [6.45, 7) is 0.194. The van der Waals surface area contributed by atoms with Crippen LogP contribution in [0.4, 0.5) is 11.4 Å². The molecule has 0 amide bonds.